The lowest BCUT2D eigenvalue weighted by atomic mass is 10.5. The van der Waals surface area contributed by atoms with Gasteiger partial charge in [-0.05, 0) is 6.92 Å². The van der Waals surface area contributed by atoms with Gasteiger partial charge in [-0.25, -0.2) is 9.37 Å². The highest BCUT2D eigenvalue weighted by Gasteiger charge is 2.07. The zero-order valence-electron chi connectivity index (χ0n) is 9.61. The van der Waals surface area contributed by atoms with Gasteiger partial charge in [0.15, 0.2) is 11.6 Å². The number of hydrogen-bond donors (Lipinski definition) is 2. The smallest absolute Gasteiger partial charge is 0.224 e. The molecule has 2 aromatic heterocycles. The van der Waals surface area contributed by atoms with Crippen LogP contribution in [-0.2, 0) is 7.05 Å². The molecule has 0 spiro atoms. The highest BCUT2D eigenvalue weighted by Crippen LogP contribution is 2.17. The second kappa shape index (κ2) is 4.77. The first-order valence-corrected chi connectivity index (χ1v) is 5.21. The van der Waals surface area contributed by atoms with Crippen molar-refractivity contribution in [3.8, 4) is 0 Å². The van der Waals surface area contributed by atoms with Crippen LogP contribution in [0.1, 0.15) is 6.92 Å². The maximum Gasteiger partial charge on any atom is 0.224 e. The Bertz CT molecular complexity index is 509. The van der Waals surface area contributed by atoms with Gasteiger partial charge in [0, 0.05) is 19.8 Å². The van der Waals surface area contributed by atoms with Crippen molar-refractivity contribution in [1.82, 2.24) is 19.7 Å². The van der Waals surface area contributed by atoms with E-state index in [1.54, 1.807) is 24.1 Å². The van der Waals surface area contributed by atoms with E-state index < -0.39 is 5.82 Å². The van der Waals surface area contributed by atoms with Gasteiger partial charge in [0.1, 0.15) is 0 Å². The highest BCUT2D eigenvalue weighted by atomic mass is 19.1. The molecule has 0 aliphatic heterocycles. The van der Waals surface area contributed by atoms with Crippen LogP contribution < -0.4 is 10.6 Å². The first-order valence-electron chi connectivity index (χ1n) is 5.21. The first-order chi connectivity index (χ1) is 8.19. The summed E-state index contributed by atoms with van der Waals surface area (Å²) < 4.78 is 15.1. The average Bonchev–Trinajstić information content (AvgIpc) is 2.69. The first kappa shape index (κ1) is 11.3. The molecule has 2 rings (SSSR count). The van der Waals surface area contributed by atoms with Gasteiger partial charge in [-0.1, -0.05) is 0 Å². The van der Waals surface area contributed by atoms with Gasteiger partial charge in [-0.2, -0.15) is 10.1 Å². The molecule has 0 fully saturated rings. The summed E-state index contributed by atoms with van der Waals surface area (Å²) in [7, 11) is 1.78. The Balaban J connectivity index is 2.22. The normalized spacial score (nSPS) is 10.3. The number of rotatable bonds is 4. The molecule has 90 valence electrons. The fourth-order valence-electron chi connectivity index (χ4n) is 1.32. The maximum absolute atomic E-state index is 13.5. The summed E-state index contributed by atoms with van der Waals surface area (Å²) in [5.41, 5.74) is 0.674. The molecule has 0 aromatic carbocycles. The van der Waals surface area contributed by atoms with Crippen molar-refractivity contribution in [2.75, 3.05) is 17.2 Å². The van der Waals surface area contributed by atoms with Gasteiger partial charge in [0.2, 0.25) is 5.95 Å². The van der Waals surface area contributed by atoms with Crippen LogP contribution in [0.15, 0.2) is 18.6 Å². The van der Waals surface area contributed by atoms with Crippen LogP contribution in [0.3, 0.4) is 0 Å². The summed E-state index contributed by atoms with van der Waals surface area (Å²) in [6.07, 6.45) is 4.45. The average molecular weight is 236 g/mol. The molecule has 0 bridgehead atoms. The standard InChI is InChI=1S/C10H13FN6/c1-3-12-10-13-5-8(11)9(16-10)15-7-4-14-17(2)6-7/h4-6H,3H2,1-2H3,(H2,12,13,15,16). The largest absolute Gasteiger partial charge is 0.354 e. The van der Waals surface area contributed by atoms with Crippen LogP contribution in [0.2, 0.25) is 0 Å². The quantitative estimate of drug-likeness (QED) is 0.842. The van der Waals surface area contributed by atoms with E-state index in [-0.39, 0.29) is 5.82 Å². The molecule has 0 saturated heterocycles. The summed E-state index contributed by atoms with van der Waals surface area (Å²) in [4.78, 5) is 7.84. The number of nitrogens with one attached hydrogen (secondary N) is 2. The Morgan fingerprint density at radius 2 is 2.24 bits per heavy atom. The lowest BCUT2D eigenvalue weighted by Crippen LogP contribution is -2.05. The van der Waals surface area contributed by atoms with Crippen molar-refractivity contribution < 1.29 is 4.39 Å². The van der Waals surface area contributed by atoms with Crippen molar-refractivity contribution >= 4 is 17.5 Å². The van der Waals surface area contributed by atoms with Crippen molar-refractivity contribution in [3.05, 3.63) is 24.4 Å². The summed E-state index contributed by atoms with van der Waals surface area (Å²) in [5, 5.41) is 9.73. The third kappa shape index (κ3) is 2.68. The van der Waals surface area contributed by atoms with E-state index in [9.17, 15) is 4.39 Å². The maximum atomic E-state index is 13.5. The van der Waals surface area contributed by atoms with E-state index in [2.05, 4.69) is 25.7 Å². The molecule has 0 amide bonds. The lowest BCUT2D eigenvalue weighted by Gasteiger charge is -2.06. The van der Waals surface area contributed by atoms with E-state index in [4.69, 9.17) is 0 Å². The summed E-state index contributed by atoms with van der Waals surface area (Å²) in [6.45, 7) is 2.60. The molecule has 17 heavy (non-hydrogen) atoms. The Morgan fingerprint density at radius 3 is 2.88 bits per heavy atom. The third-order valence-electron chi connectivity index (χ3n) is 2.05. The number of hydrogen-bond acceptors (Lipinski definition) is 5. The Kier molecular flexibility index (Phi) is 3.17. The number of aromatic nitrogens is 4. The van der Waals surface area contributed by atoms with Crippen LogP contribution in [0, 0.1) is 5.82 Å². The fraction of sp³-hybridized carbons (Fsp3) is 0.300. The molecule has 2 heterocycles. The predicted octanol–water partition coefficient (Wildman–Crippen LogP) is 1.52. The number of anilines is 3. The molecular formula is C10H13FN6. The Labute approximate surface area is 97.9 Å². The topological polar surface area (TPSA) is 67.7 Å². The minimum Gasteiger partial charge on any atom is -0.354 e. The van der Waals surface area contributed by atoms with Crippen LogP contribution in [0.5, 0.6) is 0 Å². The minimum atomic E-state index is -0.504. The SMILES string of the molecule is CCNc1ncc(F)c(Nc2cnn(C)c2)n1. The molecule has 0 aliphatic carbocycles. The summed E-state index contributed by atoms with van der Waals surface area (Å²) in [6, 6.07) is 0. The van der Waals surface area contributed by atoms with E-state index in [0.29, 0.717) is 18.2 Å². The van der Waals surface area contributed by atoms with Gasteiger partial charge in [-0.15, -0.1) is 0 Å². The molecule has 2 N–H and O–H groups in total. The fourth-order valence-corrected chi connectivity index (χ4v) is 1.32. The molecule has 0 atom stereocenters. The van der Waals surface area contributed by atoms with Crippen molar-refractivity contribution in [1.29, 1.82) is 0 Å². The molecule has 0 radical (unpaired) electrons. The van der Waals surface area contributed by atoms with Gasteiger partial charge in [0.25, 0.3) is 0 Å². The second-order valence-electron chi connectivity index (χ2n) is 3.45. The molecular weight excluding hydrogens is 223 g/mol. The van der Waals surface area contributed by atoms with E-state index in [0.717, 1.165) is 6.20 Å². The molecule has 0 saturated carbocycles. The van der Waals surface area contributed by atoms with Gasteiger partial charge in [-0.3, -0.25) is 4.68 Å². The summed E-state index contributed by atoms with van der Waals surface area (Å²) in [5.74, 6) is 0.0137. The Morgan fingerprint density at radius 1 is 1.41 bits per heavy atom. The monoisotopic (exact) mass is 236 g/mol. The zero-order valence-corrected chi connectivity index (χ0v) is 9.61. The van der Waals surface area contributed by atoms with E-state index in [1.165, 1.54) is 0 Å². The van der Waals surface area contributed by atoms with E-state index in [1.807, 2.05) is 6.92 Å². The third-order valence-corrected chi connectivity index (χ3v) is 2.05. The Hall–Kier alpha value is -2.18. The van der Waals surface area contributed by atoms with Crippen LogP contribution >= 0.6 is 0 Å². The minimum absolute atomic E-state index is 0.129. The zero-order chi connectivity index (χ0) is 12.3. The van der Waals surface area contributed by atoms with Crippen molar-refractivity contribution in [2.24, 2.45) is 7.05 Å². The molecule has 0 unspecified atom stereocenters. The number of aryl methyl sites for hydroxylation is 1. The van der Waals surface area contributed by atoms with Crippen molar-refractivity contribution in [2.45, 2.75) is 6.92 Å². The molecule has 7 heteroatoms. The molecule has 0 aliphatic rings. The predicted molar refractivity (Wildman–Crippen MR) is 62.6 cm³/mol. The lowest BCUT2D eigenvalue weighted by molar-refractivity contribution is 0.619. The molecule has 6 nitrogen and oxygen atoms in total. The van der Waals surface area contributed by atoms with Gasteiger partial charge >= 0.3 is 0 Å². The summed E-state index contributed by atoms with van der Waals surface area (Å²) >= 11 is 0. The van der Waals surface area contributed by atoms with Crippen LogP contribution in [-0.4, -0.2) is 26.3 Å². The van der Waals surface area contributed by atoms with Crippen LogP contribution in [0.4, 0.5) is 21.8 Å². The van der Waals surface area contributed by atoms with Gasteiger partial charge < -0.3 is 10.6 Å². The van der Waals surface area contributed by atoms with Crippen LogP contribution in [0.25, 0.3) is 0 Å². The van der Waals surface area contributed by atoms with Crippen molar-refractivity contribution in [3.63, 3.8) is 0 Å². The highest BCUT2D eigenvalue weighted by molar-refractivity contribution is 5.55. The van der Waals surface area contributed by atoms with Gasteiger partial charge in [0.05, 0.1) is 18.1 Å². The molecule has 2 aromatic rings. The number of nitrogens with zero attached hydrogens (tertiary/aromatic N) is 4. The van der Waals surface area contributed by atoms with E-state index >= 15 is 0 Å². The number of halogens is 1. The second-order valence-corrected chi connectivity index (χ2v) is 3.45.